The van der Waals surface area contributed by atoms with Crippen LogP contribution in [0.5, 0.6) is 5.75 Å². The van der Waals surface area contributed by atoms with Gasteiger partial charge in [0.05, 0.1) is 16.8 Å². The topological polar surface area (TPSA) is 98.8 Å². The Morgan fingerprint density at radius 3 is 2.63 bits per heavy atom. The van der Waals surface area contributed by atoms with Crippen LogP contribution in [0.15, 0.2) is 48.8 Å². The first kappa shape index (κ1) is 18.4. The summed E-state index contributed by atoms with van der Waals surface area (Å²) in [6.45, 7) is 4.63. The molecule has 0 unspecified atom stereocenters. The number of hydrogen-bond acceptors (Lipinski definition) is 5. The second-order valence-corrected chi connectivity index (χ2v) is 6.55. The zero-order valence-electron chi connectivity index (χ0n) is 15.1. The molecule has 0 fully saturated rings. The van der Waals surface area contributed by atoms with E-state index in [1.165, 1.54) is 12.3 Å². The lowest BCUT2D eigenvalue weighted by Gasteiger charge is -2.09. The molecule has 0 saturated heterocycles. The molecule has 3 rings (SSSR count). The Morgan fingerprint density at radius 2 is 1.96 bits per heavy atom. The van der Waals surface area contributed by atoms with Crippen molar-refractivity contribution in [3.05, 3.63) is 58.9 Å². The second kappa shape index (κ2) is 7.86. The highest BCUT2D eigenvalue weighted by Gasteiger charge is 2.10. The van der Waals surface area contributed by atoms with Gasteiger partial charge >= 0.3 is 0 Å². The first-order valence-corrected chi connectivity index (χ1v) is 8.55. The molecule has 0 atom stereocenters. The molecule has 0 saturated carbocycles. The summed E-state index contributed by atoms with van der Waals surface area (Å²) in [5.74, 6) is 0.813. The molecule has 8 heteroatoms. The lowest BCUT2D eigenvalue weighted by Crippen LogP contribution is -2.31. The van der Waals surface area contributed by atoms with Crippen molar-refractivity contribution in [3.8, 4) is 17.0 Å². The third-order valence-electron chi connectivity index (χ3n) is 3.87. The zero-order chi connectivity index (χ0) is 19.4. The van der Waals surface area contributed by atoms with Gasteiger partial charge in [-0.15, -0.1) is 0 Å². The Kier molecular flexibility index (Phi) is 5.35. The number of ether oxygens (including phenoxy) is 1. The third kappa shape index (κ3) is 4.60. The maximum absolute atomic E-state index is 11.7. The van der Waals surface area contributed by atoms with E-state index in [2.05, 4.69) is 10.3 Å². The fourth-order valence-electron chi connectivity index (χ4n) is 2.47. The lowest BCUT2D eigenvalue weighted by molar-refractivity contribution is -0.385. The second-order valence-electron chi connectivity index (χ2n) is 6.55. The van der Waals surface area contributed by atoms with Gasteiger partial charge in [0, 0.05) is 24.4 Å². The van der Waals surface area contributed by atoms with Crippen molar-refractivity contribution < 1.29 is 14.5 Å². The molecule has 27 heavy (non-hydrogen) atoms. The number of pyridine rings is 1. The Labute approximate surface area is 155 Å². The minimum Gasteiger partial charge on any atom is -0.484 e. The van der Waals surface area contributed by atoms with Crippen LogP contribution in [0.4, 0.5) is 5.69 Å². The number of rotatable bonds is 7. The average molecular weight is 368 g/mol. The average Bonchev–Trinajstić information content (AvgIpc) is 3.08. The molecule has 3 aromatic rings. The molecule has 0 aliphatic carbocycles. The maximum atomic E-state index is 11.7. The number of nitro groups is 1. The van der Waals surface area contributed by atoms with Gasteiger partial charge in [0.15, 0.2) is 6.61 Å². The standard InChI is InChI=1S/C19H20N4O4/c1-13(2)9-20-19(24)12-27-16-6-3-14(4-7-16)17-11-22-10-15(23(25)26)5-8-18(22)21-17/h3-8,10-11,13H,9,12H2,1-2H3,(H,20,24). The van der Waals surface area contributed by atoms with Crippen molar-refractivity contribution in [2.24, 2.45) is 5.92 Å². The van der Waals surface area contributed by atoms with Gasteiger partial charge in [0.1, 0.15) is 11.4 Å². The van der Waals surface area contributed by atoms with E-state index in [0.717, 1.165) is 5.56 Å². The van der Waals surface area contributed by atoms with Crippen molar-refractivity contribution in [1.29, 1.82) is 0 Å². The van der Waals surface area contributed by atoms with Crippen LogP contribution in [0.1, 0.15) is 13.8 Å². The van der Waals surface area contributed by atoms with Gasteiger partial charge in [-0.2, -0.15) is 0 Å². The highest BCUT2D eigenvalue weighted by molar-refractivity contribution is 5.77. The smallest absolute Gasteiger partial charge is 0.286 e. The molecular formula is C19H20N4O4. The molecule has 140 valence electrons. The van der Waals surface area contributed by atoms with E-state index < -0.39 is 4.92 Å². The number of nitrogens with zero attached hydrogens (tertiary/aromatic N) is 3. The van der Waals surface area contributed by atoms with Crippen LogP contribution in [0.25, 0.3) is 16.9 Å². The van der Waals surface area contributed by atoms with Crippen molar-refractivity contribution in [3.63, 3.8) is 0 Å². The molecule has 1 amide bonds. The van der Waals surface area contributed by atoms with Gasteiger partial charge in [-0.25, -0.2) is 4.98 Å². The van der Waals surface area contributed by atoms with E-state index in [1.807, 2.05) is 26.0 Å². The predicted octanol–water partition coefficient (Wildman–Crippen LogP) is 3.06. The number of carbonyl (C=O) groups excluding carboxylic acids is 1. The third-order valence-corrected chi connectivity index (χ3v) is 3.87. The summed E-state index contributed by atoms with van der Waals surface area (Å²) >= 11 is 0. The fraction of sp³-hybridized carbons (Fsp3) is 0.263. The molecule has 8 nitrogen and oxygen atoms in total. The number of fused-ring (bicyclic) bond motifs is 1. The quantitative estimate of drug-likeness (QED) is 0.510. The molecule has 0 aliphatic rings. The number of benzene rings is 1. The molecule has 0 radical (unpaired) electrons. The van der Waals surface area contributed by atoms with Crippen LogP contribution in [0.3, 0.4) is 0 Å². The molecule has 1 N–H and O–H groups in total. The first-order chi connectivity index (χ1) is 12.9. The van der Waals surface area contributed by atoms with E-state index in [0.29, 0.717) is 29.6 Å². The van der Waals surface area contributed by atoms with Gasteiger partial charge < -0.3 is 10.1 Å². The van der Waals surface area contributed by atoms with Crippen LogP contribution in [0.2, 0.25) is 0 Å². The van der Waals surface area contributed by atoms with Gasteiger partial charge in [-0.05, 0) is 36.2 Å². The highest BCUT2D eigenvalue weighted by atomic mass is 16.6. The van der Waals surface area contributed by atoms with E-state index >= 15 is 0 Å². The summed E-state index contributed by atoms with van der Waals surface area (Å²) < 4.78 is 7.10. The highest BCUT2D eigenvalue weighted by Crippen LogP contribution is 2.23. The van der Waals surface area contributed by atoms with Crippen LogP contribution in [-0.2, 0) is 4.79 Å². The van der Waals surface area contributed by atoms with Gasteiger partial charge in [0.25, 0.3) is 11.6 Å². The van der Waals surface area contributed by atoms with E-state index in [-0.39, 0.29) is 18.2 Å². The van der Waals surface area contributed by atoms with Crippen LogP contribution < -0.4 is 10.1 Å². The van der Waals surface area contributed by atoms with E-state index in [4.69, 9.17) is 4.74 Å². The van der Waals surface area contributed by atoms with Crippen LogP contribution >= 0.6 is 0 Å². The molecule has 0 bridgehead atoms. The predicted molar refractivity (Wildman–Crippen MR) is 101 cm³/mol. The minimum atomic E-state index is -0.442. The van der Waals surface area contributed by atoms with Crippen molar-refractivity contribution in [2.45, 2.75) is 13.8 Å². The van der Waals surface area contributed by atoms with Gasteiger partial charge in [-0.3, -0.25) is 19.3 Å². The van der Waals surface area contributed by atoms with E-state index in [9.17, 15) is 14.9 Å². The number of hydrogen-bond donors (Lipinski definition) is 1. The maximum Gasteiger partial charge on any atom is 0.286 e. The number of imidazole rings is 1. The number of nitrogens with one attached hydrogen (secondary N) is 1. The summed E-state index contributed by atoms with van der Waals surface area (Å²) in [4.78, 5) is 26.6. The summed E-state index contributed by atoms with van der Waals surface area (Å²) in [6, 6.07) is 10.2. The number of aromatic nitrogens is 2. The molecule has 2 aromatic heterocycles. The molecule has 0 aliphatic heterocycles. The zero-order valence-corrected chi connectivity index (χ0v) is 15.1. The fourth-order valence-corrected chi connectivity index (χ4v) is 2.47. The SMILES string of the molecule is CC(C)CNC(=O)COc1ccc(-c2cn3cc([N+](=O)[O-])ccc3n2)cc1. The normalized spacial score (nSPS) is 10.9. The Morgan fingerprint density at radius 1 is 1.22 bits per heavy atom. The minimum absolute atomic E-state index is 0.00550. The molecule has 1 aromatic carbocycles. The van der Waals surface area contributed by atoms with Crippen molar-refractivity contribution >= 4 is 17.2 Å². The van der Waals surface area contributed by atoms with Crippen LogP contribution in [-0.4, -0.2) is 33.4 Å². The summed E-state index contributed by atoms with van der Waals surface area (Å²) in [5.41, 5.74) is 2.17. The Hall–Kier alpha value is -3.42. The Balaban J connectivity index is 1.67. The van der Waals surface area contributed by atoms with Crippen molar-refractivity contribution in [2.75, 3.05) is 13.2 Å². The number of carbonyl (C=O) groups is 1. The van der Waals surface area contributed by atoms with E-state index in [1.54, 1.807) is 28.8 Å². The summed E-state index contributed by atoms with van der Waals surface area (Å²) in [5, 5.41) is 13.7. The van der Waals surface area contributed by atoms with Gasteiger partial charge in [-0.1, -0.05) is 13.8 Å². The monoisotopic (exact) mass is 368 g/mol. The molecular weight excluding hydrogens is 348 g/mol. The largest absolute Gasteiger partial charge is 0.484 e. The molecule has 0 spiro atoms. The molecule has 2 heterocycles. The first-order valence-electron chi connectivity index (χ1n) is 8.55. The van der Waals surface area contributed by atoms with Crippen molar-refractivity contribution in [1.82, 2.24) is 14.7 Å². The summed E-state index contributed by atoms with van der Waals surface area (Å²) in [6.07, 6.45) is 3.16. The van der Waals surface area contributed by atoms with Gasteiger partial charge in [0.2, 0.25) is 0 Å². The van der Waals surface area contributed by atoms with Crippen LogP contribution in [0, 0.1) is 16.0 Å². The summed E-state index contributed by atoms with van der Waals surface area (Å²) in [7, 11) is 0. The Bertz CT molecular complexity index is 964. The number of amides is 1. The lowest BCUT2D eigenvalue weighted by atomic mass is 10.2.